The third-order valence-corrected chi connectivity index (χ3v) is 1.93. The zero-order valence-corrected chi connectivity index (χ0v) is 9.73. The summed E-state index contributed by atoms with van der Waals surface area (Å²) < 4.78 is 5.13. The van der Waals surface area contributed by atoms with Gasteiger partial charge in [0.25, 0.3) is 0 Å². The fourth-order valence-corrected chi connectivity index (χ4v) is 1.24. The van der Waals surface area contributed by atoms with E-state index >= 15 is 0 Å². The Morgan fingerprint density at radius 2 is 1.94 bits per heavy atom. The number of hydrogen-bond acceptors (Lipinski definition) is 4. The first-order valence-electron chi connectivity index (χ1n) is 5.07. The lowest BCUT2D eigenvalue weighted by Gasteiger charge is -2.22. The van der Waals surface area contributed by atoms with Gasteiger partial charge in [-0.15, -0.1) is 0 Å². The zero-order valence-electron chi connectivity index (χ0n) is 9.73. The summed E-state index contributed by atoms with van der Waals surface area (Å²) in [5.74, 6) is -0.546. The average molecular weight is 223 g/mol. The van der Waals surface area contributed by atoms with Gasteiger partial charge in [0.2, 0.25) is 0 Å². The molecule has 0 aromatic heterocycles. The number of nitrogens with two attached hydrogens (primary N) is 1. The van der Waals surface area contributed by atoms with Gasteiger partial charge in [0.1, 0.15) is 17.4 Å². The highest BCUT2D eigenvalue weighted by Crippen LogP contribution is 2.24. The SMILES string of the molecule is CC(C)(C)OC(=O)[C@@H](N)c1ccccc1O. The second-order valence-corrected chi connectivity index (χ2v) is 4.57. The molecule has 1 aromatic carbocycles. The third-order valence-electron chi connectivity index (χ3n) is 1.93. The molecule has 0 spiro atoms. The Balaban J connectivity index is 2.83. The molecule has 0 heterocycles. The molecule has 0 unspecified atom stereocenters. The van der Waals surface area contributed by atoms with Crippen molar-refractivity contribution in [3.05, 3.63) is 29.8 Å². The van der Waals surface area contributed by atoms with Crippen LogP contribution in [0.1, 0.15) is 32.4 Å². The van der Waals surface area contributed by atoms with Gasteiger partial charge >= 0.3 is 5.97 Å². The molecule has 0 amide bonds. The normalized spacial score (nSPS) is 13.2. The van der Waals surface area contributed by atoms with Crippen molar-refractivity contribution < 1.29 is 14.6 Å². The first-order chi connectivity index (χ1) is 7.31. The summed E-state index contributed by atoms with van der Waals surface area (Å²) >= 11 is 0. The number of aromatic hydroxyl groups is 1. The average Bonchev–Trinajstić information content (AvgIpc) is 2.15. The molecule has 1 atom stereocenters. The topological polar surface area (TPSA) is 72.5 Å². The van der Waals surface area contributed by atoms with E-state index in [9.17, 15) is 9.90 Å². The van der Waals surface area contributed by atoms with Crippen LogP contribution >= 0.6 is 0 Å². The molecule has 0 saturated carbocycles. The van der Waals surface area contributed by atoms with E-state index in [-0.39, 0.29) is 5.75 Å². The molecule has 0 aliphatic carbocycles. The Bertz CT molecular complexity index is 382. The molecule has 16 heavy (non-hydrogen) atoms. The van der Waals surface area contributed by atoms with Crippen molar-refractivity contribution in [2.24, 2.45) is 5.73 Å². The van der Waals surface area contributed by atoms with Crippen molar-refractivity contribution in [1.82, 2.24) is 0 Å². The minimum absolute atomic E-state index is 0.000796. The summed E-state index contributed by atoms with van der Waals surface area (Å²) in [6.07, 6.45) is 0. The predicted octanol–water partition coefficient (Wildman–Crippen LogP) is 1.73. The van der Waals surface area contributed by atoms with Crippen LogP contribution in [0.5, 0.6) is 5.75 Å². The van der Waals surface area contributed by atoms with Crippen molar-refractivity contribution in [2.45, 2.75) is 32.4 Å². The Hall–Kier alpha value is -1.55. The van der Waals surface area contributed by atoms with Crippen molar-refractivity contribution in [1.29, 1.82) is 0 Å². The van der Waals surface area contributed by atoms with Crippen LogP contribution in [0.4, 0.5) is 0 Å². The van der Waals surface area contributed by atoms with E-state index in [1.54, 1.807) is 39.0 Å². The summed E-state index contributed by atoms with van der Waals surface area (Å²) in [6.45, 7) is 5.30. The molecule has 88 valence electrons. The molecule has 0 aliphatic heterocycles. The van der Waals surface area contributed by atoms with Gasteiger partial charge in [0, 0.05) is 5.56 Å². The number of ether oxygens (including phenoxy) is 1. The number of benzene rings is 1. The first kappa shape index (κ1) is 12.5. The highest BCUT2D eigenvalue weighted by molar-refractivity contribution is 5.78. The minimum Gasteiger partial charge on any atom is -0.508 e. The van der Waals surface area contributed by atoms with Crippen LogP contribution in [0.3, 0.4) is 0 Å². The van der Waals surface area contributed by atoms with E-state index in [1.165, 1.54) is 6.07 Å². The van der Waals surface area contributed by atoms with Gasteiger partial charge in [0.05, 0.1) is 0 Å². The molecule has 0 radical (unpaired) electrons. The molecule has 0 bridgehead atoms. The maximum atomic E-state index is 11.7. The number of phenolic OH excluding ortho intramolecular Hbond substituents is 1. The van der Waals surface area contributed by atoms with Crippen molar-refractivity contribution in [3.63, 3.8) is 0 Å². The number of hydrogen-bond donors (Lipinski definition) is 2. The lowest BCUT2D eigenvalue weighted by molar-refractivity contribution is -0.156. The lowest BCUT2D eigenvalue weighted by atomic mass is 10.1. The van der Waals surface area contributed by atoms with Gasteiger partial charge in [-0.05, 0) is 26.8 Å². The van der Waals surface area contributed by atoms with Crippen LogP contribution in [0.2, 0.25) is 0 Å². The molecule has 0 saturated heterocycles. The van der Waals surface area contributed by atoms with Crippen LogP contribution in [0, 0.1) is 0 Å². The van der Waals surface area contributed by atoms with Crippen LogP contribution in [0.15, 0.2) is 24.3 Å². The van der Waals surface area contributed by atoms with Crippen LogP contribution in [0.25, 0.3) is 0 Å². The van der Waals surface area contributed by atoms with E-state index < -0.39 is 17.6 Å². The first-order valence-corrected chi connectivity index (χ1v) is 5.07. The second kappa shape index (κ2) is 4.53. The zero-order chi connectivity index (χ0) is 12.3. The number of esters is 1. The van der Waals surface area contributed by atoms with Gasteiger partial charge in [-0.3, -0.25) is 0 Å². The van der Waals surface area contributed by atoms with E-state index in [4.69, 9.17) is 10.5 Å². The van der Waals surface area contributed by atoms with Gasteiger partial charge < -0.3 is 15.6 Å². The highest BCUT2D eigenvalue weighted by Gasteiger charge is 2.24. The quantitative estimate of drug-likeness (QED) is 0.749. The third kappa shape index (κ3) is 3.24. The fraction of sp³-hybridized carbons (Fsp3) is 0.417. The monoisotopic (exact) mass is 223 g/mol. The van der Waals surface area contributed by atoms with Gasteiger partial charge in [-0.1, -0.05) is 18.2 Å². The Morgan fingerprint density at radius 3 is 2.44 bits per heavy atom. The van der Waals surface area contributed by atoms with Crippen LogP contribution < -0.4 is 5.73 Å². The number of carbonyl (C=O) groups excluding carboxylic acids is 1. The van der Waals surface area contributed by atoms with E-state index in [0.29, 0.717) is 5.56 Å². The summed E-state index contributed by atoms with van der Waals surface area (Å²) in [4.78, 5) is 11.7. The number of phenols is 1. The summed E-state index contributed by atoms with van der Waals surface area (Å²) in [6, 6.07) is 5.50. The molecule has 4 heteroatoms. The maximum absolute atomic E-state index is 11.7. The molecule has 4 nitrogen and oxygen atoms in total. The van der Waals surface area contributed by atoms with Gasteiger partial charge in [-0.2, -0.15) is 0 Å². The van der Waals surface area contributed by atoms with Gasteiger partial charge in [0.15, 0.2) is 0 Å². The molecule has 0 fully saturated rings. The highest BCUT2D eigenvalue weighted by atomic mass is 16.6. The molecular formula is C12H17NO3. The van der Waals surface area contributed by atoms with Crippen molar-refractivity contribution in [2.75, 3.05) is 0 Å². The number of rotatable bonds is 2. The molecule has 0 aliphatic rings. The fourth-order valence-electron chi connectivity index (χ4n) is 1.24. The summed E-state index contributed by atoms with van der Waals surface area (Å²) in [5, 5.41) is 9.54. The summed E-state index contributed by atoms with van der Waals surface area (Å²) in [5.41, 5.74) is 5.50. The summed E-state index contributed by atoms with van der Waals surface area (Å²) in [7, 11) is 0. The smallest absolute Gasteiger partial charge is 0.328 e. The second-order valence-electron chi connectivity index (χ2n) is 4.57. The Labute approximate surface area is 95.0 Å². The predicted molar refractivity (Wildman–Crippen MR) is 60.9 cm³/mol. The Kier molecular flexibility index (Phi) is 3.55. The van der Waals surface area contributed by atoms with Crippen molar-refractivity contribution >= 4 is 5.97 Å². The minimum atomic E-state index is -0.958. The molecule has 3 N–H and O–H groups in total. The van der Waals surface area contributed by atoms with Crippen LogP contribution in [-0.4, -0.2) is 16.7 Å². The largest absolute Gasteiger partial charge is 0.508 e. The van der Waals surface area contributed by atoms with Gasteiger partial charge in [-0.25, -0.2) is 4.79 Å². The van der Waals surface area contributed by atoms with E-state index in [0.717, 1.165) is 0 Å². The van der Waals surface area contributed by atoms with E-state index in [2.05, 4.69) is 0 Å². The molecule has 1 aromatic rings. The lowest BCUT2D eigenvalue weighted by Crippen LogP contribution is -2.31. The number of carbonyl (C=O) groups is 1. The maximum Gasteiger partial charge on any atom is 0.328 e. The standard InChI is InChI=1S/C12H17NO3/c1-12(2,3)16-11(15)10(13)8-6-4-5-7-9(8)14/h4-7,10,14H,13H2,1-3H3/t10-/m0/s1. The van der Waals surface area contributed by atoms with Crippen molar-refractivity contribution in [3.8, 4) is 5.75 Å². The van der Waals surface area contributed by atoms with Crippen LogP contribution in [-0.2, 0) is 9.53 Å². The Morgan fingerprint density at radius 1 is 1.38 bits per heavy atom. The van der Waals surface area contributed by atoms with E-state index in [1.807, 2.05) is 0 Å². The number of para-hydroxylation sites is 1. The molecular weight excluding hydrogens is 206 g/mol. The molecule has 1 rings (SSSR count).